The average Bonchev–Trinajstić information content (AvgIpc) is 1.53. The molecule has 0 unspecified atom stereocenters. The van der Waals surface area contributed by atoms with Crippen molar-refractivity contribution >= 4 is 110 Å². The molecule has 14 nitrogen and oxygen atoms in total. The smallest absolute Gasteiger partial charge is 0.223 e. The van der Waals surface area contributed by atoms with Crippen LogP contribution in [0.3, 0.4) is 0 Å². The van der Waals surface area contributed by atoms with Gasteiger partial charge in [-0.15, -0.1) is 11.3 Å². The summed E-state index contributed by atoms with van der Waals surface area (Å²) in [4.78, 5) is 34.2. The van der Waals surface area contributed by atoms with E-state index in [4.69, 9.17) is 34.4 Å². The number of ether oxygens (including phenoxy) is 2. The van der Waals surface area contributed by atoms with Gasteiger partial charge in [-0.3, -0.25) is 9.80 Å². The second-order valence-corrected chi connectivity index (χ2v) is 61.5. The van der Waals surface area contributed by atoms with Crippen molar-refractivity contribution in [2.24, 2.45) is 10.8 Å². The van der Waals surface area contributed by atoms with E-state index in [0.29, 0.717) is 25.4 Å². The summed E-state index contributed by atoms with van der Waals surface area (Å²) in [5.41, 5.74) is 12.7. The van der Waals surface area contributed by atoms with E-state index >= 15 is 0 Å². The molecule has 2 saturated heterocycles. The minimum atomic E-state index is -2.12. The number of aryl methyl sites for hydroxylation is 2. The van der Waals surface area contributed by atoms with Crippen LogP contribution in [-0.2, 0) is 36.0 Å². The van der Waals surface area contributed by atoms with Crippen molar-refractivity contribution in [3.05, 3.63) is 172 Å². The standard InChI is InChI=1S/C36H46N6OSSi.C33H44BrN5OSi.3C4H9.C3H2NS.Sn/c1-26-20-38-35(39-29-19-36(2,3)24-41(22-29)21-27-10-8-7-9-11-27)40-33(26)31-23-42(25-43-15-17-45(4,5)6)32-18-28(12-13-30(31)32)34-37-14-16-44-34;1-24-18-35-32(36-27-17-33(2,3)22-38(20-27)19-25-10-8-7-9-11-25)37-31(24)29-21-39(23-40-14-15-41(4,5)6)30-16-26(34)12-13-28(29)30;3*1-3-4-2;1-2-5-3-4-1;/h7-14,16,18,20,23,29H,15,17,19,21-22,24-25H2,1-6H3,(H,38,39,40);7-13,16,18,21,27H,14-15,17,19-20,22-23H2,1-6H3,(H,35,36,37);3*1,3-4H2,2H3;1-2H;/t29-;27-;;;;;/m00...../s1. The Morgan fingerprint density at radius 2 is 1.02 bits per heavy atom. The third kappa shape index (κ3) is 23.5. The summed E-state index contributed by atoms with van der Waals surface area (Å²) in [6, 6.07) is 37.4. The van der Waals surface area contributed by atoms with Crippen molar-refractivity contribution in [3.63, 3.8) is 0 Å². The van der Waals surface area contributed by atoms with Crippen LogP contribution in [0.5, 0.6) is 0 Å². The molecule has 20 heteroatoms. The molecule has 558 valence electrons. The molecule has 2 atom stereocenters. The van der Waals surface area contributed by atoms with Gasteiger partial charge in [-0.25, -0.2) is 24.9 Å². The fourth-order valence-electron chi connectivity index (χ4n) is 15.1. The molecule has 0 spiro atoms. The Kier molecular flexibility index (Phi) is 29.3. The number of nitrogens with one attached hydrogen (secondary N) is 2. The molecule has 2 fully saturated rings. The zero-order valence-electron chi connectivity index (χ0n) is 65.3. The van der Waals surface area contributed by atoms with Crippen LogP contribution < -0.4 is 13.7 Å². The van der Waals surface area contributed by atoms with Gasteiger partial charge in [0.05, 0.1) is 22.4 Å². The van der Waals surface area contributed by atoms with E-state index in [9.17, 15) is 0 Å². The van der Waals surface area contributed by atoms with Crippen molar-refractivity contribution in [2.75, 3.05) is 50.0 Å². The number of fused-ring (bicyclic) bond motifs is 2. The van der Waals surface area contributed by atoms with E-state index in [1.54, 1.807) is 27.7 Å². The number of unbranched alkanes of at least 4 members (excludes halogenated alkanes) is 3. The van der Waals surface area contributed by atoms with E-state index in [-0.39, 0.29) is 22.9 Å². The first-order valence-corrected chi connectivity index (χ1v) is 55.8. The summed E-state index contributed by atoms with van der Waals surface area (Å²) in [5, 5.41) is 15.0. The SMILES string of the molecule is CCC[CH2][Sn]([CH2]CCC)([CH2]CCC)[c]1nccs1.Cc1cnc(N[C@@H]2CN(Cc3ccccc3)CC(C)(C)C2)nc1-c1cn(COCC[Si](C)(C)C)c2cc(-c3nccs3)ccc12.Cc1cnc(N[C@@H]2CN(Cc3ccccc3)CC(C)(C)C2)nc1-c1cn(COCC[Si](C)(C)C)c2cc(Br)ccc12. The zero-order chi connectivity index (χ0) is 74.1. The van der Waals surface area contributed by atoms with E-state index < -0.39 is 34.5 Å². The molecule has 6 aromatic heterocycles. The number of benzene rings is 4. The summed E-state index contributed by atoms with van der Waals surface area (Å²) < 4.78 is 24.1. The van der Waals surface area contributed by atoms with Crippen LogP contribution in [0.25, 0.3) is 54.9 Å². The number of thiazole rings is 2. The third-order valence-electron chi connectivity index (χ3n) is 20.2. The number of nitrogens with zero attached hydrogens (tertiary/aromatic N) is 10. The number of piperidine rings is 2. The summed E-state index contributed by atoms with van der Waals surface area (Å²) >= 11 is 5.17. The fraction of sp³-hybridized carbons (Fsp3) is 0.500. The maximum atomic E-state index is 6.25. The number of anilines is 2. The molecular formula is C84H119BrN12O2S2Si2Sn. The molecule has 4 aromatic carbocycles. The minimum absolute atomic E-state index is 0.191. The molecular weight excluding hydrogens is 1530 g/mol. The first-order chi connectivity index (χ1) is 49.8. The number of rotatable bonds is 31. The number of hydrogen-bond donors (Lipinski definition) is 2. The number of aromatic nitrogens is 8. The maximum Gasteiger partial charge on any atom is 0.223 e. The topological polar surface area (TPSA) is 136 Å². The average molecular weight is 1650 g/mol. The Balaban J connectivity index is 0.000000182. The van der Waals surface area contributed by atoms with Gasteiger partial charge < -0.3 is 29.2 Å². The molecule has 2 aliphatic heterocycles. The third-order valence-corrected chi connectivity index (χ3v) is 43.7. The van der Waals surface area contributed by atoms with Crippen LogP contribution >= 0.6 is 38.6 Å². The van der Waals surface area contributed by atoms with Crippen molar-refractivity contribution in [1.82, 2.24) is 48.8 Å². The Bertz CT molecular complexity index is 4250. The van der Waals surface area contributed by atoms with Crippen LogP contribution in [0.4, 0.5) is 11.9 Å². The van der Waals surface area contributed by atoms with Gasteiger partial charge in [0.25, 0.3) is 0 Å². The summed E-state index contributed by atoms with van der Waals surface area (Å²) in [6.45, 7) is 43.5. The van der Waals surface area contributed by atoms with Crippen LogP contribution in [0.2, 0.25) is 64.7 Å². The van der Waals surface area contributed by atoms with Gasteiger partial charge >= 0.3 is 122 Å². The van der Waals surface area contributed by atoms with Gasteiger partial charge in [0.2, 0.25) is 11.9 Å². The molecule has 104 heavy (non-hydrogen) atoms. The van der Waals surface area contributed by atoms with Crippen molar-refractivity contribution < 1.29 is 9.47 Å². The van der Waals surface area contributed by atoms with Crippen LogP contribution in [-0.4, -0.2) is 135 Å². The number of halogens is 1. The quantitative estimate of drug-likeness (QED) is 0.0316. The molecule has 10 aromatic rings. The van der Waals surface area contributed by atoms with Gasteiger partial charge in [-0.2, -0.15) is 0 Å². The molecule has 0 aliphatic carbocycles. The monoisotopic (exact) mass is 1650 g/mol. The molecule has 2 aliphatic rings. The first kappa shape index (κ1) is 81.1. The van der Waals surface area contributed by atoms with E-state index in [1.165, 1.54) is 55.0 Å². The van der Waals surface area contributed by atoms with Gasteiger partial charge in [0.15, 0.2) is 0 Å². The van der Waals surface area contributed by atoms with E-state index in [1.807, 2.05) is 41.5 Å². The molecule has 0 bridgehead atoms. The van der Waals surface area contributed by atoms with E-state index in [2.05, 4.69) is 267 Å². The van der Waals surface area contributed by atoms with Crippen LogP contribution in [0, 0.1) is 24.7 Å². The normalized spacial score (nSPS) is 16.5. The van der Waals surface area contributed by atoms with Crippen molar-refractivity contribution in [2.45, 2.75) is 217 Å². The predicted octanol–water partition coefficient (Wildman–Crippen LogP) is 21.9. The Morgan fingerprint density at radius 3 is 1.45 bits per heavy atom. The van der Waals surface area contributed by atoms with Gasteiger partial charge in [0, 0.05) is 149 Å². The fourth-order valence-corrected chi connectivity index (χ4v) is 36.7. The minimum Gasteiger partial charge on any atom is -0.361 e. The van der Waals surface area contributed by atoms with Crippen molar-refractivity contribution in [1.29, 1.82) is 0 Å². The van der Waals surface area contributed by atoms with Gasteiger partial charge in [-0.05, 0) is 90.1 Å². The first-order valence-electron chi connectivity index (χ1n) is 38.4. The summed E-state index contributed by atoms with van der Waals surface area (Å²) in [7, 11) is -2.32. The number of hydrogen-bond acceptors (Lipinski definition) is 14. The van der Waals surface area contributed by atoms with Crippen molar-refractivity contribution in [3.8, 4) is 33.1 Å². The predicted molar refractivity (Wildman–Crippen MR) is 454 cm³/mol. The Labute approximate surface area is 645 Å². The molecule has 2 N–H and O–H groups in total. The maximum absolute atomic E-state index is 6.25. The van der Waals surface area contributed by atoms with E-state index in [0.717, 1.165) is 143 Å². The second kappa shape index (κ2) is 37.6. The molecule has 0 saturated carbocycles. The summed E-state index contributed by atoms with van der Waals surface area (Å²) in [6.07, 6.45) is 22.7. The summed E-state index contributed by atoms with van der Waals surface area (Å²) in [5.74, 6) is 1.38. The Morgan fingerprint density at radius 1 is 0.567 bits per heavy atom. The Hall–Kier alpha value is -5.47. The molecule has 0 radical (unpaired) electrons. The van der Waals surface area contributed by atoms with Gasteiger partial charge in [-0.1, -0.05) is 162 Å². The molecule has 8 heterocycles. The number of likely N-dealkylation sites (tertiary alicyclic amines) is 2. The molecule has 12 rings (SSSR count). The largest absolute Gasteiger partial charge is 0.361 e. The second-order valence-electron chi connectivity index (χ2n) is 33.6. The zero-order valence-corrected chi connectivity index (χ0v) is 73.3. The van der Waals surface area contributed by atoms with Gasteiger partial charge in [0.1, 0.15) is 18.5 Å². The van der Waals surface area contributed by atoms with Crippen LogP contribution in [0.1, 0.15) is 122 Å². The van der Waals surface area contributed by atoms with Crippen LogP contribution in [0.15, 0.2) is 149 Å². The molecule has 0 amide bonds.